The number of nitrogens with one attached hydrogen (secondary N) is 2. The maximum atomic E-state index is 11.5. The lowest BCUT2D eigenvalue weighted by atomic mass is 10.2. The van der Waals surface area contributed by atoms with Gasteiger partial charge in [0.2, 0.25) is 0 Å². The third kappa shape index (κ3) is 2.40. The molecule has 0 atom stereocenters. The number of rotatable bonds is 3. The Morgan fingerprint density at radius 2 is 2.18 bits per heavy atom. The third-order valence-electron chi connectivity index (χ3n) is 2.24. The smallest absolute Gasteiger partial charge is 0.265 e. The summed E-state index contributed by atoms with van der Waals surface area (Å²) in [7, 11) is 0. The number of hydrazine groups is 1. The van der Waals surface area contributed by atoms with Crippen LogP contribution in [-0.4, -0.2) is 14.8 Å². The summed E-state index contributed by atoms with van der Waals surface area (Å²) in [6, 6.07) is 5.89. The van der Waals surface area contributed by atoms with Crippen molar-refractivity contribution in [3.05, 3.63) is 56.7 Å². The molecule has 2 rings (SSSR count). The molecule has 0 aliphatic rings. The van der Waals surface area contributed by atoms with E-state index in [-0.39, 0.29) is 17.7 Å². The first-order valence-corrected chi connectivity index (χ1v) is 4.91. The van der Waals surface area contributed by atoms with Gasteiger partial charge < -0.3 is 5.43 Å². The summed E-state index contributed by atoms with van der Waals surface area (Å²) >= 11 is 0. The van der Waals surface area contributed by atoms with Gasteiger partial charge in [0.05, 0.1) is 6.54 Å². The number of anilines is 1. The Morgan fingerprint density at radius 3 is 2.94 bits per heavy atom. The fourth-order valence-corrected chi connectivity index (χ4v) is 1.45. The maximum absolute atomic E-state index is 11.5. The van der Waals surface area contributed by atoms with Gasteiger partial charge in [-0.3, -0.25) is 14.7 Å². The molecule has 7 heteroatoms. The van der Waals surface area contributed by atoms with Crippen LogP contribution in [0.4, 0.5) is 5.82 Å². The number of H-pyrrole nitrogens is 1. The average molecular weight is 233 g/mol. The number of nitrogen functional groups attached to an aromatic ring is 1. The summed E-state index contributed by atoms with van der Waals surface area (Å²) in [6.07, 6.45) is 1.58. The summed E-state index contributed by atoms with van der Waals surface area (Å²) in [4.78, 5) is 26.6. The van der Waals surface area contributed by atoms with Gasteiger partial charge in [0.25, 0.3) is 11.1 Å². The van der Waals surface area contributed by atoms with Crippen LogP contribution in [0.25, 0.3) is 0 Å². The number of aromatic nitrogens is 3. The average Bonchev–Trinajstić information content (AvgIpc) is 2.34. The Kier molecular flexibility index (Phi) is 3.01. The first kappa shape index (κ1) is 11.1. The molecule has 2 heterocycles. The first-order valence-electron chi connectivity index (χ1n) is 4.91. The van der Waals surface area contributed by atoms with Crippen LogP contribution in [0.15, 0.2) is 40.1 Å². The minimum absolute atomic E-state index is 0.197. The number of nitrogens with two attached hydrogens (primary N) is 1. The Labute approximate surface area is 95.9 Å². The van der Waals surface area contributed by atoms with Gasteiger partial charge in [-0.25, -0.2) is 15.5 Å². The van der Waals surface area contributed by atoms with Crippen molar-refractivity contribution in [2.75, 3.05) is 5.43 Å². The second-order valence-electron chi connectivity index (χ2n) is 3.39. The summed E-state index contributed by atoms with van der Waals surface area (Å²) in [5, 5.41) is 2.43. The van der Waals surface area contributed by atoms with Crippen molar-refractivity contribution < 1.29 is 0 Å². The Morgan fingerprint density at radius 1 is 1.35 bits per heavy atom. The lowest BCUT2D eigenvalue weighted by Crippen LogP contribution is -2.28. The maximum Gasteiger partial charge on any atom is 0.265 e. The van der Waals surface area contributed by atoms with E-state index >= 15 is 0 Å². The fraction of sp³-hybridized carbons (Fsp3) is 0.100. The van der Waals surface area contributed by atoms with Crippen molar-refractivity contribution >= 4 is 5.82 Å². The van der Waals surface area contributed by atoms with Crippen molar-refractivity contribution in [2.24, 2.45) is 5.84 Å². The molecule has 0 radical (unpaired) electrons. The van der Waals surface area contributed by atoms with Gasteiger partial charge in [0.1, 0.15) is 5.82 Å². The highest BCUT2D eigenvalue weighted by Gasteiger charge is 2.04. The second-order valence-corrected chi connectivity index (χ2v) is 3.39. The van der Waals surface area contributed by atoms with Crippen LogP contribution >= 0.6 is 0 Å². The molecule has 0 spiro atoms. The van der Waals surface area contributed by atoms with Gasteiger partial charge in [0, 0.05) is 23.9 Å². The largest absolute Gasteiger partial charge is 0.308 e. The zero-order valence-electron chi connectivity index (χ0n) is 8.88. The minimum Gasteiger partial charge on any atom is -0.308 e. The van der Waals surface area contributed by atoms with Crippen molar-refractivity contribution in [3.8, 4) is 0 Å². The molecular formula is C10H11N5O2. The van der Waals surface area contributed by atoms with Gasteiger partial charge in [-0.1, -0.05) is 6.07 Å². The molecule has 0 aliphatic heterocycles. The highest BCUT2D eigenvalue weighted by atomic mass is 16.1. The van der Waals surface area contributed by atoms with E-state index in [0.29, 0.717) is 11.4 Å². The molecule has 17 heavy (non-hydrogen) atoms. The quantitative estimate of drug-likeness (QED) is 0.478. The van der Waals surface area contributed by atoms with E-state index in [4.69, 9.17) is 5.84 Å². The molecule has 0 saturated carbocycles. The number of aromatic amines is 1. The van der Waals surface area contributed by atoms with E-state index in [1.165, 1.54) is 16.8 Å². The zero-order chi connectivity index (χ0) is 12.3. The van der Waals surface area contributed by atoms with Crippen molar-refractivity contribution in [2.45, 2.75) is 6.54 Å². The lowest BCUT2D eigenvalue weighted by Gasteiger charge is -2.08. The lowest BCUT2D eigenvalue weighted by molar-refractivity contribution is 0.627. The van der Waals surface area contributed by atoms with Crippen LogP contribution in [0, 0.1) is 0 Å². The zero-order valence-corrected chi connectivity index (χ0v) is 8.88. The molecule has 0 aliphatic carbocycles. The summed E-state index contributed by atoms with van der Waals surface area (Å²) < 4.78 is 1.19. The second kappa shape index (κ2) is 4.62. The summed E-state index contributed by atoms with van der Waals surface area (Å²) in [5.41, 5.74) is 2.51. The van der Waals surface area contributed by atoms with E-state index in [1.807, 2.05) is 0 Å². The third-order valence-corrected chi connectivity index (χ3v) is 2.24. The molecule has 0 fully saturated rings. The van der Waals surface area contributed by atoms with Crippen LogP contribution in [0.2, 0.25) is 0 Å². The molecule has 0 bridgehead atoms. The van der Waals surface area contributed by atoms with Crippen LogP contribution < -0.4 is 22.4 Å². The van der Waals surface area contributed by atoms with Crippen molar-refractivity contribution in [1.82, 2.24) is 14.8 Å². The molecule has 4 N–H and O–H groups in total. The molecule has 7 nitrogen and oxygen atoms in total. The predicted molar refractivity (Wildman–Crippen MR) is 62.5 cm³/mol. The Hall–Kier alpha value is -2.41. The monoisotopic (exact) mass is 233 g/mol. The molecule has 2 aromatic heterocycles. The standard InChI is InChI=1S/C10H11N5O2/c11-13-10-7(2-1-5-12-10)6-15-9(17)4-3-8(16)14-15/h1-5H,6,11H2,(H,12,13)(H,14,16). The van der Waals surface area contributed by atoms with Gasteiger partial charge in [-0.05, 0) is 6.07 Å². The van der Waals surface area contributed by atoms with Gasteiger partial charge in [0.15, 0.2) is 0 Å². The van der Waals surface area contributed by atoms with Gasteiger partial charge >= 0.3 is 0 Å². The number of pyridine rings is 1. The van der Waals surface area contributed by atoms with E-state index in [9.17, 15) is 9.59 Å². The van der Waals surface area contributed by atoms with Crippen LogP contribution in [-0.2, 0) is 6.54 Å². The summed E-state index contributed by atoms with van der Waals surface area (Å²) in [6.45, 7) is 0.197. The molecule has 2 aromatic rings. The highest BCUT2D eigenvalue weighted by molar-refractivity contribution is 5.42. The van der Waals surface area contributed by atoms with Crippen LogP contribution in [0.1, 0.15) is 5.56 Å². The number of nitrogens with zero attached hydrogens (tertiary/aromatic N) is 2. The first-order chi connectivity index (χ1) is 8.20. The normalized spacial score (nSPS) is 10.2. The van der Waals surface area contributed by atoms with Gasteiger partial charge in [-0.15, -0.1) is 0 Å². The fourth-order valence-electron chi connectivity index (χ4n) is 1.45. The van der Waals surface area contributed by atoms with E-state index in [2.05, 4.69) is 15.5 Å². The molecule has 0 saturated heterocycles. The number of hydrogen-bond donors (Lipinski definition) is 3. The molecule has 0 unspecified atom stereocenters. The number of hydrogen-bond acceptors (Lipinski definition) is 5. The van der Waals surface area contributed by atoms with Crippen molar-refractivity contribution in [1.29, 1.82) is 0 Å². The summed E-state index contributed by atoms with van der Waals surface area (Å²) in [5.74, 6) is 5.76. The Bertz CT molecular complexity index is 631. The topological polar surface area (TPSA) is 106 Å². The van der Waals surface area contributed by atoms with E-state index in [0.717, 1.165) is 0 Å². The van der Waals surface area contributed by atoms with Gasteiger partial charge in [-0.2, -0.15) is 0 Å². The molecular weight excluding hydrogens is 222 g/mol. The SMILES string of the molecule is NNc1ncccc1Cn1[nH]c(=O)ccc1=O. The Balaban J connectivity index is 2.41. The van der Waals surface area contributed by atoms with Crippen LogP contribution in [0.3, 0.4) is 0 Å². The van der Waals surface area contributed by atoms with Crippen LogP contribution in [0.5, 0.6) is 0 Å². The molecule has 88 valence electrons. The van der Waals surface area contributed by atoms with E-state index < -0.39 is 0 Å². The van der Waals surface area contributed by atoms with E-state index in [1.54, 1.807) is 18.3 Å². The molecule has 0 aromatic carbocycles. The predicted octanol–water partition coefficient (Wildman–Crippen LogP) is -0.735. The minimum atomic E-state index is -0.337. The highest BCUT2D eigenvalue weighted by Crippen LogP contribution is 2.09. The molecule has 0 amide bonds. The van der Waals surface area contributed by atoms with Crippen molar-refractivity contribution in [3.63, 3.8) is 0 Å².